The van der Waals surface area contributed by atoms with Crippen molar-refractivity contribution in [3.8, 4) is 6.07 Å². The van der Waals surface area contributed by atoms with Crippen molar-refractivity contribution < 1.29 is 4.79 Å². The van der Waals surface area contributed by atoms with E-state index >= 15 is 0 Å². The minimum Gasteiger partial charge on any atom is -0.334 e. The van der Waals surface area contributed by atoms with Gasteiger partial charge in [0.1, 0.15) is 5.54 Å². The molecule has 0 unspecified atom stereocenters. The second-order valence-corrected chi connectivity index (χ2v) is 4.34. The summed E-state index contributed by atoms with van der Waals surface area (Å²) in [5, 5.41) is 19.8. The van der Waals surface area contributed by atoms with Gasteiger partial charge >= 0.3 is 0 Å². The van der Waals surface area contributed by atoms with E-state index in [1.807, 2.05) is 13.8 Å². The fraction of sp³-hybridized carbons (Fsp3) is 0.538. The Morgan fingerprint density at radius 3 is 2.50 bits per heavy atom. The van der Waals surface area contributed by atoms with Gasteiger partial charge in [0.15, 0.2) is 0 Å². The molecule has 0 radical (unpaired) electrons. The van der Waals surface area contributed by atoms with Gasteiger partial charge in [-0.2, -0.15) is 15.5 Å². The highest BCUT2D eigenvalue weighted by Crippen LogP contribution is 2.15. The minimum atomic E-state index is -0.805. The monoisotopic (exact) mass is 246 g/mol. The van der Waals surface area contributed by atoms with Gasteiger partial charge in [0.25, 0.3) is 5.91 Å². The van der Waals surface area contributed by atoms with Gasteiger partial charge in [0.2, 0.25) is 0 Å². The zero-order valence-corrected chi connectivity index (χ0v) is 11.2. The van der Waals surface area contributed by atoms with Crippen LogP contribution in [0.5, 0.6) is 0 Å². The summed E-state index contributed by atoms with van der Waals surface area (Å²) in [4.78, 5) is 12.2. The topological polar surface area (TPSA) is 78.7 Å². The van der Waals surface area contributed by atoms with E-state index in [-0.39, 0.29) is 5.91 Å². The molecule has 5 heteroatoms. The lowest BCUT2D eigenvalue weighted by Crippen LogP contribution is -2.46. The maximum absolute atomic E-state index is 12.2. The Balaban J connectivity index is 3.02. The van der Waals surface area contributed by atoms with Crippen molar-refractivity contribution in [1.82, 2.24) is 15.5 Å². The largest absolute Gasteiger partial charge is 0.334 e. The Morgan fingerprint density at radius 1 is 1.39 bits per heavy atom. The van der Waals surface area contributed by atoms with Crippen molar-refractivity contribution in [1.29, 1.82) is 5.26 Å². The second kappa shape index (κ2) is 5.58. The number of carbonyl (C=O) groups excluding carboxylic acids is 1. The van der Waals surface area contributed by atoms with Gasteiger partial charge in [-0.1, -0.05) is 13.8 Å². The molecule has 0 bridgehead atoms. The first-order valence-corrected chi connectivity index (χ1v) is 6.02. The van der Waals surface area contributed by atoms with Gasteiger partial charge in [-0.05, 0) is 32.8 Å². The molecule has 1 heterocycles. The molecular formula is C13H18N4O. The molecule has 1 N–H and O–H groups in total. The minimum absolute atomic E-state index is 0.268. The highest BCUT2D eigenvalue weighted by molar-refractivity contribution is 5.95. The summed E-state index contributed by atoms with van der Waals surface area (Å²) >= 11 is 0. The molecule has 1 aromatic rings. The molecule has 0 aromatic carbocycles. The average Bonchev–Trinajstić information content (AvgIpc) is 2.38. The van der Waals surface area contributed by atoms with Crippen LogP contribution >= 0.6 is 0 Å². The first kappa shape index (κ1) is 14.1. The smallest absolute Gasteiger partial charge is 0.254 e. The number of aromatic nitrogens is 2. The van der Waals surface area contributed by atoms with E-state index in [1.54, 1.807) is 19.9 Å². The summed E-state index contributed by atoms with van der Waals surface area (Å²) in [5.74, 6) is -0.268. The summed E-state index contributed by atoms with van der Waals surface area (Å²) in [6.45, 7) is 7.28. The number of nitrogens with one attached hydrogen (secondary N) is 1. The van der Waals surface area contributed by atoms with Crippen molar-refractivity contribution >= 4 is 5.91 Å². The normalized spacial score (nSPS) is 10.8. The number of aryl methyl sites for hydroxylation is 2. The molecular weight excluding hydrogens is 228 g/mol. The number of nitriles is 1. The van der Waals surface area contributed by atoms with E-state index in [1.165, 1.54) is 0 Å². The zero-order valence-electron chi connectivity index (χ0n) is 11.2. The molecule has 1 rings (SSSR count). The molecule has 0 spiro atoms. The Labute approximate surface area is 107 Å². The molecule has 0 fully saturated rings. The highest BCUT2D eigenvalue weighted by Gasteiger charge is 2.28. The van der Waals surface area contributed by atoms with Crippen LogP contribution < -0.4 is 5.32 Å². The van der Waals surface area contributed by atoms with Crippen LogP contribution in [-0.4, -0.2) is 21.6 Å². The average molecular weight is 246 g/mol. The Hall–Kier alpha value is -1.96. The molecule has 0 aliphatic rings. The lowest BCUT2D eigenvalue weighted by molar-refractivity contribution is 0.0914. The lowest BCUT2D eigenvalue weighted by atomic mass is 9.94. The molecule has 5 nitrogen and oxygen atoms in total. The lowest BCUT2D eigenvalue weighted by Gasteiger charge is -2.25. The molecule has 0 saturated carbocycles. The fourth-order valence-corrected chi connectivity index (χ4v) is 1.68. The predicted octanol–water partition coefficient (Wildman–Crippen LogP) is 1.91. The van der Waals surface area contributed by atoms with Gasteiger partial charge in [-0.25, -0.2) is 0 Å². The van der Waals surface area contributed by atoms with Crippen molar-refractivity contribution in [2.24, 2.45) is 0 Å². The molecule has 96 valence electrons. The third-order valence-corrected chi connectivity index (χ3v) is 3.12. The van der Waals surface area contributed by atoms with Crippen LogP contribution in [0.2, 0.25) is 0 Å². The highest BCUT2D eigenvalue weighted by atomic mass is 16.1. The van der Waals surface area contributed by atoms with Crippen LogP contribution in [0.1, 0.15) is 48.4 Å². The van der Waals surface area contributed by atoms with Crippen molar-refractivity contribution in [2.75, 3.05) is 0 Å². The number of hydrogen-bond donors (Lipinski definition) is 1. The SMILES string of the molecule is CCC(C#N)(CC)NC(=O)c1cc(C)nnc1C. The van der Waals surface area contributed by atoms with Crippen LogP contribution in [0, 0.1) is 25.2 Å². The molecule has 1 aromatic heterocycles. The van der Waals surface area contributed by atoms with E-state index < -0.39 is 5.54 Å². The van der Waals surface area contributed by atoms with Gasteiger partial charge < -0.3 is 5.32 Å². The summed E-state index contributed by atoms with van der Waals surface area (Å²) in [7, 11) is 0. The molecule has 0 aliphatic carbocycles. The Bertz CT molecular complexity index is 486. The van der Waals surface area contributed by atoms with Crippen LogP contribution in [0.3, 0.4) is 0 Å². The standard InChI is InChI=1S/C13H18N4O/c1-5-13(6-2,8-14)15-12(18)11-7-9(3)16-17-10(11)4/h7H,5-6H2,1-4H3,(H,15,18). The maximum Gasteiger partial charge on any atom is 0.254 e. The van der Waals surface area contributed by atoms with E-state index in [2.05, 4.69) is 21.6 Å². The van der Waals surface area contributed by atoms with Crippen LogP contribution in [0.15, 0.2) is 6.07 Å². The van der Waals surface area contributed by atoms with Gasteiger partial charge in [0.05, 0.1) is 23.0 Å². The quantitative estimate of drug-likeness (QED) is 0.880. The third-order valence-electron chi connectivity index (χ3n) is 3.12. The van der Waals surface area contributed by atoms with E-state index in [4.69, 9.17) is 0 Å². The van der Waals surface area contributed by atoms with Crippen LogP contribution in [0.4, 0.5) is 0 Å². The number of rotatable bonds is 4. The second-order valence-electron chi connectivity index (χ2n) is 4.34. The molecule has 0 atom stereocenters. The number of amides is 1. The Morgan fingerprint density at radius 2 is 2.00 bits per heavy atom. The summed E-state index contributed by atoms with van der Waals surface area (Å²) < 4.78 is 0. The predicted molar refractivity (Wildman–Crippen MR) is 67.9 cm³/mol. The first-order chi connectivity index (χ1) is 8.48. The summed E-state index contributed by atoms with van der Waals surface area (Å²) in [6, 6.07) is 3.87. The summed E-state index contributed by atoms with van der Waals surface area (Å²) in [5.41, 5.74) is 0.920. The van der Waals surface area contributed by atoms with Crippen LogP contribution in [-0.2, 0) is 0 Å². The molecule has 1 amide bonds. The van der Waals surface area contributed by atoms with Gasteiger partial charge in [-0.15, -0.1) is 0 Å². The van der Waals surface area contributed by atoms with E-state index in [0.29, 0.717) is 29.8 Å². The summed E-state index contributed by atoms with van der Waals surface area (Å²) in [6.07, 6.45) is 1.14. The fourth-order valence-electron chi connectivity index (χ4n) is 1.68. The van der Waals surface area contributed by atoms with Gasteiger partial charge in [-0.3, -0.25) is 4.79 Å². The van der Waals surface area contributed by atoms with E-state index in [9.17, 15) is 10.1 Å². The number of nitrogens with zero attached hydrogens (tertiary/aromatic N) is 3. The number of hydrogen-bond acceptors (Lipinski definition) is 4. The third kappa shape index (κ3) is 2.83. The first-order valence-electron chi connectivity index (χ1n) is 6.02. The van der Waals surface area contributed by atoms with Gasteiger partial charge in [0, 0.05) is 0 Å². The van der Waals surface area contributed by atoms with E-state index in [0.717, 1.165) is 0 Å². The van der Waals surface area contributed by atoms with Crippen molar-refractivity contribution in [3.63, 3.8) is 0 Å². The molecule has 0 saturated heterocycles. The maximum atomic E-state index is 12.2. The molecule has 18 heavy (non-hydrogen) atoms. The van der Waals surface area contributed by atoms with Crippen molar-refractivity contribution in [3.05, 3.63) is 23.0 Å². The van der Waals surface area contributed by atoms with Crippen LogP contribution in [0.25, 0.3) is 0 Å². The van der Waals surface area contributed by atoms with Crippen molar-refractivity contribution in [2.45, 2.75) is 46.1 Å². The zero-order chi connectivity index (χ0) is 13.8. The molecule has 0 aliphatic heterocycles. The Kier molecular flexibility index (Phi) is 4.38. The number of carbonyl (C=O) groups is 1.